The van der Waals surface area contributed by atoms with Crippen molar-refractivity contribution < 1.29 is 9.59 Å². The van der Waals surface area contributed by atoms with E-state index in [1.54, 1.807) is 11.8 Å². The summed E-state index contributed by atoms with van der Waals surface area (Å²) in [5, 5.41) is 10.9. The van der Waals surface area contributed by atoms with Gasteiger partial charge in [0.2, 0.25) is 11.8 Å². The maximum absolute atomic E-state index is 12.1. The molecular formula is C14H20N4O2. The zero-order valence-corrected chi connectivity index (χ0v) is 11.9. The average molecular weight is 276 g/mol. The van der Waals surface area contributed by atoms with Crippen LogP contribution in [0.3, 0.4) is 0 Å². The lowest BCUT2D eigenvalue weighted by Crippen LogP contribution is -2.42. The maximum atomic E-state index is 12.1. The Morgan fingerprint density at radius 3 is 2.55 bits per heavy atom. The lowest BCUT2D eigenvalue weighted by atomic mass is 9.96. The lowest BCUT2D eigenvalue weighted by molar-refractivity contribution is -0.134. The minimum absolute atomic E-state index is 0.0102. The number of aryl methyl sites for hydroxylation is 1. The first-order valence-electron chi connectivity index (χ1n) is 6.88. The van der Waals surface area contributed by atoms with Gasteiger partial charge < -0.3 is 10.2 Å². The fourth-order valence-electron chi connectivity index (χ4n) is 2.30. The summed E-state index contributed by atoms with van der Waals surface area (Å²) < 4.78 is 0. The second-order valence-electron chi connectivity index (χ2n) is 5.16. The van der Waals surface area contributed by atoms with Crippen molar-refractivity contribution in [2.75, 3.05) is 13.1 Å². The number of likely N-dealkylation sites (tertiary alicyclic amines) is 1. The molecule has 1 N–H and O–H groups in total. The van der Waals surface area contributed by atoms with Crippen LogP contribution in [0.5, 0.6) is 0 Å². The highest BCUT2D eigenvalue weighted by molar-refractivity contribution is 5.79. The molecule has 108 valence electrons. The summed E-state index contributed by atoms with van der Waals surface area (Å²) in [6.07, 6.45) is 1.45. The van der Waals surface area contributed by atoms with E-state index in [0.717, 1.165) is 24.2 Å². The van der Waals surface area contributed by atoms with Crippen LogP contribution in [0.1, 0.15) is 31.2 Å². The lowest BCUT2D eigenvalue weighted by Gasteiger charge is -2.30. The van der Waals surface area contributed by atoms with Gasteiger partial charge in [-0.3, -0.25) is 9.59 Å². The van der Waals surface area contributed by atoms with E-state index in [-0.39, 0.29) is 17.7 Å². The molecule has 1 aromatic heterocycles. The summed E-state index contributed by atoms with van der Waals surface area (Å²) in [5.41, 5.74) is 1.61. The van der Waals surface area contributed by atoms with Crippen LogP contribution >= 0.6 is 0 Å². The van der Waals surface area contributed by atoms with Gasteiger partial charge in [0.25, 0.3) is 0 Å². The van der Waals surface area contributed by atoms with Gasteiger partial charge in [-0.1, -0.05) is 0 Å². The molecule has 6 nitrogen and oxygen atoms in total. The molecule has 1 aromatic rings. The van der Waals surface area contributed by atoms with Gasteiger partial charge >= 0.3 is 0 Å². The van der Waals surface area contributed by atoms with Gasteiger partial charge in [-0.15, -0.1) is 0 Å². The first-order valence-corrected chi connectivity index (χ1v) is 6.88. The fourth-order valence-corrected chi connectivity index (χ4v) is 2.30. The van der Waals surface area contributed by atoms with E-state index in [1.807, 2.05) is 19.1 Å². The highest BCUT2D eigenvalue weighted by Crippen LogP contribution is 2.17. The van der Waals surface area contributed by atoms with Crippen LogP contribution in [-0.4, -0.2) is 40.0 Å². The van der Waals surface area contributed by atoms with Crippen molar-refractivity contribution in [3.63, 3.8) is 0 Å². The zero-order chi connectivity index (χ0) is 14.5. The predicted octanol–water partition coefficient (Wildman–Crippen LogP) is 0.660. The number of aromatic nitrogens is 2. The Hall–Kier alpha value is -1.98. The number of hydrogen-bond acceptors (Lipinski definition) is 4. The molecule has 2 heterocycles. The molecular weight excluding hydrogens is 256 g/mol. The fraction of sp³-hybridized carbons (Fsp3) is 0.571. The Kier molecular flexibility index (Phi) is 4.65. The Morgan fingerprint density at radius 2 is 2.00 bits per heavy atom. The minimum Gasteiger partial charge on any atom is -0.350 e. The molecule has 0 aromatic carbocycles. The third kappa shape index (κ3) is 3.76. The molecule has 2 amide bonds. The molecule has 6 heteroatoms. The second kappa shape index (κ2) is 6.45. The summed E-state index contributed by atoms with van der Waals surface area (Å²) in [7, 11) is 0. The van der Waals surface area contributed by atoms with Crippen molar-refractivity contribution >= 4 is 11.8 Å². The van der Waals surface area contributed by atoms with Crippen LogP contribution in [0.25, 0.3) is 0 Å². The average Bonchev–Trinajstić information content (AvgIpc) is 2.46. The topological polar surface area (TPSA) is 75.2 Å². The van der Waals surface area contributed by atoms with Gasteiger partial charge in [0.1, 0.15) is 0 Å². The van der Waals surface area contributed by atoms with Crippen molar-refractivity contribution in [3.8, 4) is 0 Å². The van der Waals surface area contributed by atoms with E-state index in [1.165, 1.54) is 0 Å². The van der Waals surface area contributed by atoms with Crippen molar-refractivity contribution in [3.05, 3.63) is 23.5 Å². The SMILES string of the molecule is CC(=O)N1CCC(C(=O)NCc2ccc(C)nn2)CC1. The van der Waals surface area contributed by atoms with Gasteiger partial charge in [0, 0.05) is 25.9 Å². The Labute approximate surface area is 118 Å². The van der Waals surface area contributed by atoms with Crippen LogP contribution in [0, 0.1) is 12.8 Å². The molecule has 0 spiro atoms. The van der Waals surface area contributed by atoms with E-state index in [0.29, 0.717) is 19.6 Å². The van der Waals surface area contributed by atoms with Gasteiger partial charge in [0.15, 0.2) is 0 Å². The van der Waals surface area contributed by atoms with E-state index >= 15 is 0 Å². The first-order chi connectivity index (χ1) is 9.56. The highest BCUT2D eigenvalue weighted by atomic mass is 16.2. The summed E-state index contributed by atoms with van der Waals surface area (Å²) in [4.78, 5) is 25.1. The molecule has 0 bridgehead atoms. The van der Waals surface area contributed by atoms with Gasteiger partial charge in [0.05, 0.1) is 17.9 Å². The molecule has 0 atom stereocenters. The third-order valence-electron chi connectivity index (χ3n) is 3.61. The number of rotatable bonds is 3. The Morgan fingerprint density at radius 1 is 1.30 bits per heavy atom. The van der Waals surface area contributed by atoms with E-state index in [2.05, 4.69) is 15.5 Å². The minimum atomic E-state index is -0.0102. The molecule has 1 aliphatic rings. The van der Waals surface area contributed by atoms with Crippen LogP contribution < -0.4 is 5.32 Å². The molecule has 0 aliphatic carbocycles. The van der Waals surface area contributed by atoms with Crippen molar-refractivity contribution in [1.82, 2.24) is 20.4 Å². The van der Waals surface area contributed by atoms with E-state index in [4.69, 9.17) is 0 Å². The van der Waals surface area contributed by atoms with Crippen molar-refractivity contribution in [1.29, 1.82) is 0 Å². The number of amides is 2. The summed E-state index contributed by atoms with van der Waals surface area (Å²) >= 11 is 0. The zero-order valence-electron chi connectivity index (χ0n) is 11.9. The monoisotopic (exact) mass is 276 g/mol. The molecule has 0 unspecified atom stereocenters. The summed E-state index contributed by atoms with van der Waals surface area (Å²) in [6, 6.07) is 3.74. The number of piperidine rings is 1. The largest absolute Gasteiger partial charge is 0.350 e. The first kappa shape index (κ1) is 14.4. The number of carbonyl (C=O) groups excluding carboxylic acids is 2. The van der Waals surface area contributed by atoms with Crippen molar-refractivity contribution in [2.45, 2.75) is 33.2 Å². The molecule has 1 aliphatic heterocycles. The van der Waals surface area contributed by atoms with Gasteiger partial charge in [-0.2, -0.15) is 10.2 Å². The number of nitrogens with zero attached hydrogens (tertiary/aromatic N) is 3. The summed E-state index contributed by atoms with van der Waals surface area (Å²) in [5.74, 6) is 0.110. The molecule has 2 rings (SSSR count). The molecule has 1 saturated heterocycles. The molecule has 0 radical (unpaired) electrons. The maximum Gasteiger partial charge on any atom is 0.223 e. The smallest absolute Gasteiger partial charge is 0.223 e. The summed E-state index contributed by atoms with van der Waals surface area (Å²) in [6.45, 7) is 5.17. The number of carbonyl (C=O) groups is 2. The normalized spacial score (nSPS) is 16.0. The standard InChI is InChI=1S/C14H20N4O2/c1-10-3-4-13(17-16-10)9-15-14(20)12-5-7-18(8-6-12)11(2)19/h3-4,12H,5-9H2,1-2H3,(H,15,20). The third-order valence-corrected chi connectivity index (χ3v) is 3.61. The van der Waals surface area contributed by atoms with Crippen molar-refractivity contribution in [2.24, 2.45) is 5.92 Å². The molecule has 0 saturated carbocycles. The molecule has 20 heavy (non-hydrogen) atoms. The van der Waals surface area contributed by atoms with Gasteiger partial charge in [-0.25, -0.2) is 0 Å². The number of hydrogen-bond donors (Lipinski definition) is 1. The van der Waals surface area contributed by atoms with Crippen LogP contribution in [0.4, 0.5) is 0 Å². The highest BCUT2D eigenvalue weighted by Gasteiger charge is 2.25. The van der Waals surface area contributed by atoms with E-state index in [9.17, 15) is 9.59 Å². The van der Waals surface area contributed by atoms with Gasteiger partial charge in [-0.05, 0) is 31.9 Å². The van der Waals surface area contributed by atoms with E-state index < -0.39 is 0 Å². The predicted molar refractivity (Wildman–Crippen MR) is 73.6 cm³/mol. The molecule has 1 fully saturated rings. The van der Waals surface area contributed by atoms with Crippen LogP contribution in [0.15, 0.2) is 12.1 Å². The second-order valence-corrected chi connectivity index (χ2v) is 5.16. The Bertz CT molecular complexity index is 478. The number of nitrogens with one attached hydrogen (secondary N) is 1. The Balaban J connectivity index is 1.78. The van der Waals surface area contributed by atoms with Crippen LogP contribution in [-0.2, 0) is 16.1 Å². The quantitative estimate of drug-likeness (QED) is 0.880. The van der Waals surface area contributed by atoms with Crippen LogP contribution in [0.2, 0.25) is 0 Å².